The summed E-state index contributed by atoms with van der Waals surface area (Å²) in [7, 11) is 0. The van der Waals surface area contributed by atoms with Gasteiger partial charge in [0.05, 0.1) is 0 Å². The molecule has 0 saturated carbocycles. The number of hydrogen-bond donors (Lipinski definition) is 2. The molecule has 2 heterocycles. The van der Waals surface area contributed by atoms with E-state index in [9.17, 15) is 10.2 Å². The van der Waals surface area contributed by atoms with Gasteiger partial charge in [0.25, 0.3) is 0 Å². The van der Waals surface area contributed by atoms with Crippen molar-refractivity contribution >= 4 is 21.4 Å². The number of ether oxygens (including phenoxy) is 1. The Morgan fingerprint density at radius 3 is 2.32 bits per heavy atom. The van der Waals surface area contributed by atoms with Crippen LogP contribution in [-0.4, -0.2) is 40.9 Å². The summed E-state index contributed by atoms with van der Waals surface area (Å²) in [5, 5.41) is 20.7. The molecule has 31 heavy (non-hydrogen) atoms. The van der Waals surface area contributed by atoms with Gasteiger partial charge in [-0.3, -0.25) is 4.90 Å². The van der Waals surface area contributed by atoms with E-state index in [2.05, 4.69) is 23.6 Å². The minimum absolute atomic E-state index is 0.225. The maximum Gasteiger partial charge on any atom is 0.124 e. The lowest BCUT2D eigenvalue weighted by Gasteiger charge is -2.38. The van der Waals surface area contributed by atoms with Crippen LogP contribution in [0.15, 0.2) is 79.4 Å². The fraction of sp³-hybridized carbons (Fsp3) is 0.154. The number of phenols is 2. The Morgan fingerprint density at radius 2 is 1.61 bits per heavy atom. The van der Waals surface area contributed by atoms with Gasteiger partial charge in [-0.1, -0.05) is 18.2 Å². The van der Waals surface area contributed by atoms with Gasteiger partial charge in [-0.15, -0.1) is 17.9 Å². The van der Waals surface area contributed by atoms with E-state index >= 15 is 0 Å². The van der Waals surface area contributed by atoms with E-state index in [0.717, 1.165) is 57.0 Å². The number of benzene rings is 3. The predicted molar refractivity (Wildman–Crippen MR) is 127 cm³/mol. The highest BCUT2D eigenvalue weighted by atomic mass is 32.1. The zero-order valence-electron chi connectivity index (χ0n) is 17.0. The van der Waals surface area contributed by atoms with Crippen molar-refractivity contribution in [2.24, 2.45) is 0 Å². The second-order valence-corrected chi connectivity index (χ2v) is 8.86. The minimum Gasteiger partial charge on any atom is -0.508 e. The van der Waals surface area contributed by atoms with Crippen molar-refractivity contribution in [2.45, 2.75) is 6.10 Å². The molecule has 1 aromatic heterocycles. The average Bonchev–Trinajstić information content (AvgIpc) is 3.12. The molecule has 0 radical (unpaired) electrons. The van der Waals surface area contributed by atoms with Gasteiger partial charge >= 0.3 is 0 Å². The van der Waals surface area contributed by atoms with Crippen molar-refractivity contribution in [3.63, 3.8) is 0 Å². The molecule has 0 aliphatic carbocycles. The predicted octanol–water partition coefficient (Wildman–Crippen LogP) is 5.90. The third-order valence-corrected chi connectivity index (χ3v) is 6.76. The third kappa shape index (κ3) is 3.90. The molecule has 1 aliphatic heterocycles. The molecule has 1 aliphatic rings. The fourth-order valence-corrected chi connectivity index (χ4v) is 5.27. The normalized spacial score (nSPS) is 14.5. The lowest BCUT2D eigenvalue weighted by Crippen LogP contribution is -2.53. The quantitative estimate of drug-likeness (QED) is 0.375. The first-order valence-electron chi connectivity index (χ1n) is 10.3. The Bertz CT molecular complexity index is 1220. The van der Waals surface area contributed by atoms with Gasteiger partial charge in [-0.2, -0.15) is 0 Å². The van der Waals surface area contributed by atoms with Crippen molar-refractivity contribution in [1.82, 2.24) is 4.90 Å². The van der Waals surface area contributed by atoms with Gasteiger partial charge in [-0.25, -0.2) is 0 Å². The molecule has 0 atom stereocenters. The van der Waals surface area contributed by atoms with Crippen LogP contribution in [0.25, 0.3) is 31.7 Å². The number of rotatable bonds is 6. The van der Waals surface area contributed by atoms with Crippen LogP contribution in [0, 0.1) is 0 Å². The molecule has 3 aromatic carbocycles. The van der Waals surface area contributed by atoms with Crippen LogP contribution in [0.2, 0.25) is 0 Å². The van der Waals surface area contributed by atoms with Crippen molar-refractivity contribution in [3.8, 4) is 38.8 Å². The highest BCUT2D eigenvalue weighted by Gasteiger charge is 2.27. The Hall–Kier alpha value is -3.28. The number of thiophene rings is 1. The number of likely N-dealkylation sites (tertiary alicyclic amines) is 1. The van der Waals surface area contributed by atoms with Crippen molar-refractivity contribution in [1.29, 1.82) is 0 Å². The molecular weight excluding hydrogens is 406 g/mol. The number of nitrogens with zero attached hydrogens (tertiary/aromatic N) is 1. The summed E-state index contributed by atoms with van der Waals surface area (Å²) in [6.45, 7) is 6.54. The van der Waals surface area contributed by atoms with E-state index in [4.69, 9.17) is 4.74 Å². The minimum atomic E-state index is 0.225. The van der Waals surface area contributed by atoms with Crippen molar-refractivity contribution < 1.29 is 14.9 Å². The van der Waals surface area contributed by atoms with Crippen LogP contribution < -0.4 is 4.74 Å². The highest BCUT2D eigenvalue weighted by molar-refractivity contribution is 7.23. The van der Waals surface area contributed by atoms with Crippen LogP contribution in [-0.2, 0) is 0 Å². The first-order chi connectivity index (χ1) is 15.1. The zero-order chi connectivity index (χ0) is 21.4. The molecule has 156 valence electrons. The maximum absolute atomic E-state index is 9.96. The van der Waals surface area contributed by atoms with E-state index in [1.807, 2.05) is 36.4 Å². The Kier molecular flexibility index (Phi) is 5.14. The first kappa shape index (κ1) is 19.7. The molecule has 0 unspecified atom stereocenters. The van der Waals surface area contributed by atoms with Gasteiger partial charge in [0.2, 0.25) is 0 Å². The lowest BCUT2D eigenvalue weighted by atomic mass is 9.98. The van der Waals surface area contributed by atoms with Gasteiger partial charge in [0, 0.05) is 40.2 Å². The van der Waals surface area contributed by atoms with E-state index in [-0.39, 0.29) is 17.6 Å². The Balaban J connectivity index is 1.48. The summed E-state index contributed by atoms with van der Waals surface area (Å²) in [5.74, 6) is 1.37. The number of phenolic OH excluding ortho intramolecular Hbond substituents is 2. The molecule has 2 N–H and O–H groups in total. The molecule has 4 nitrogen and oxygen atoms in total. The van der Waals surface area contributed by atoms with E-state index in [0.29, 0.717) is 0 Å². The molecule has 0 bridgehead atoms. The monoisotopic (exact) mass is 429 g/mol. The molecule has 5 heteroatoms. The van der Waals surface area contributed by atoms with E-state index < -0.39 is 0 Å². The summed E-state index contributed by atoms with van der Waals surface area (Å²) in [6.07, 6.45) is 2.14. The lowest BCUT2D eigenvalue weighted by molar-refractivity contribution is 0.0283. The molecule has 1 fully saturated rings. The maximum atomic E-state index is 9.96. The van der Waals surface area contributed by atoms with Crippen LogP contribution >= 0.6 is 11.3 Å². The molecule has 5 rings (SSSR count). The smallest absolute Gasteiger partial charge is 0.124 e. The van der Waals surface area contributed by atoms with E-state index in [1.54, 1.807) is 35.6 Å². The summed E-state index contributed by atoms with van der Waals surface area (Å²) in [6, 6.07) is 21.0. The van der Waals surface area contributed by atoms with Gasteiger partial charge in [0.15, 0.2) is 0 Å². The van der Waals surface area contributed by atoms with Crippen LogP contribution in [0.5, 0.6) is 17.2 Å². The fourth-order valence-electron chi connectivity index (χ4n) is 4.01. The van der Waals surface area contributed by atoms with Crippen molar-refractivity contribution in [3.05, 3.63) is 79.4 Å². The summed E-state index contributed by atoms with van der Waals surface area (Å²) < 4.78 is 7.12. The average molecular weight is 430 g/mol. The molecular formula is C26H23NO3S. The van der Waals surface area contributed by atoms with Gasteiger partial charge in [-0.05, 0) is 65.7 Å². The van der Waals surface area contributed by atoms with Crippen molar-refractivity contribution in [2.75, 3.05) is 19.6 Å². The van der Waals surface area contributed by atoms with Crippen LogP contribution in [0.4, 0.5) is 0 Å². The molecule has 1 saturated heterocycles. The second-order valence-electron chi connectivity index (χ2n) is 7.80. The number of fused-ring (bicyclic) bond motifs is 1. The third-order valence-electron chi connectivity index (χ3n) is 5.56. The van der Waals surface area contributed by atoms with Crippen LogP contribution in [0.1, 0.15) is 0 Å². The summed E-state index contributed by atoms with van der Waals surface area (Å²) in [5.41, 5.74) is 3.25. The number of aromatic hydroxyl groups is 2. The van der Waals surface area contributed by atoms with Gasteiger partial charge < -0.3 is 14.9 Å². The second kappa shape index (κ2) is 8.10. The SMILES string of the molecule is C=CCN1CC(Oc2ccc(-c3c(-c4ccc(O)cc4)sc4cc(O)ccc34)cc2)C1. The zero-order valence-corrected chi connectivity index (χ0v) is 17.8. The standard InChI is InChI=1S/C26H23NO3S/c1-2-13-27-15-22(16-27)30-21-10-5-17(6-11-21)25-23-12-9-20(29)14-24(23)31-26(25)18-3-7-19(28)8-4-18/h2-12,14,22,28-29H,1,13,15-16H2. The Morgan fingerprint density at radius 1 is 0.935 bits per heavy atom. The first-order valence-corrected chi connectivity index (χ1v) is 11.1. The number of hydrogen-bond acceptors (Lipinski definition) is 5. The van der Waals surface area contributed by atoms with Gasteiger partial charge in [0.1, 0.15) is 23.4 Å². The molecule has 0 spiro atoms. The Labute approximate surface area is 185 Å². The molecule has 0 amide bonds. The largest absolute Gasteiger partial charge is 0.508 e. The molecule has 4 aromatic rings. The summed E-state index contributed by atoms with van der Waals surface area (Å²) >= 11 is 1.64. The highest BCUT2D eigenvalue weighted by Crippen LogP contribution is 2.46. The van der Waals surface area contributed by atoms with E-state index in [1.165, 1.54) is 0 Å². The van der Waals surface area contributed by atoms with Crippen LogP contribution in [0.3, 0.4) is 0 Å². The topological polar surface area (TPSA) is 52.9 Å². The summed E-state index contributed by atoms with van der Waals surface area (Å²) in [4.78, 5) is 3.40.